The van der Waals surface area contributed by atoms with Crippen LogP contribution in [0.25, 0.3) is 11.1 Å². The zero-order chi connectivity index (χ0) is 65.7. The first kappa shape index (κ1) is 66.4. The van der Waals surface area contributed by atoms with Crippen molar-refractivity contribution in [1.82, 2.24) is 0 Å². The first-order chi connectivity index (χ1) is 43.5. The molecule has 3 aromatic carbocycles. The molecule has 9 atom stereocenters. The van der Waals surface area contributed by atoms with Gasteiger partial charge in [-0.15, -0.1) is 0 Å². The number of carbonyl (C=O) groups is 7. The molecule has 0 spiro atoms. The SMILES string of the molecule is CCC1(OC(=O)CC(C(=O)OCC(=O)OC2(C)C3CC4CC(C3)CC2C4)c2cc(S3(OS(=O)(=O)C(F)(F)C(F)(F)CCOC(=O)CC[C@@H](C)C4CCC5C6C(=O)CC7CC(=O)CCC7(C)C6CC(=O)C54C)c4ccccc4-c4ccccc43)ccc2OC)CCCC1. The maximum atomic E-state index is 16.9. The zero-order valence-corrected chi connectivity index (χ0v) is 55.1. The Bertz CT molecular complexity index is 3490. The quantitative estimate of drug-likeness (QED) is 0.0520. The number of ether oxygens (including phenoxy) is 5. The van der Waals surface area contributed by atoms with E-state index >= 15 is 17.6 Å². The van der Waals surface area contributed by atoms with Crippen LogP contribution >= 0.6 is 10.3 Å². The van der Waals surface area contributed by atoms with Crippen molar-refractivity contribution in [3.05, 3.63) is 72.3 Å². The van der Waals surface area contributed by atoms with Gasteiger partial charge in [0, 0.05) is 63.7 Å². The lowest BCUT2D eigenvalue weighted by Gasteiger charge is -2.59. The average Bonchev–Trinajstić information content (AvgIpc) is 1.46. The maximum Gasteiger partial charge on any atom is 0.432 e. The Morgan fingerprint density at radius 1 is 0.739 bits per heavy atom. The lowest BCUT2D eigenvalue weighted by atomic mass is 9.44. The molecule has 15 nitrogen and oxygen atoms in total. The third kappa shape index (κ3) is 11.1. The molecule has 4 bridgehead atoms. The summed E-state index contributed by atoms with van der Waals surface area (Å²) in [5.74, 6) is -10.3. The number of halogens is 4. The van der Waals surface area contributed by atoms with Gasteiger partial charge in [0.25, 0.3) is 0 Å². The molecule has 21 heteroatoms. The van der Waals surface area contributed by atoms with Crippen LogP contribution < -0.4 is 4.74 Å². The van der Waals surface area contributed by atoms with Crippen molar-refractivity contribution < 1.29 is 86.9 Å². The van der Waals surface area contributed by atoms with E-state index in [2.05, 4.69) is 6.92 Å². The van der Waals surface area contributed by atoms with Crippen LogP contribution in [0.2, 0.25) is 0 Å². The molecule has 9 saturated carbocycles. The van der Waals surface area contributed by atoms with E-state index in [1.54, 1.807) is 24.3 Å². The Hall–Kier alpha value is -5.67. The molecule has 92 heavy (non-hydrogen) atoms. The summed E-state index contributed by atoms with van der Waals surface area (Å²) < 4.78 is 131. The van der Waals surface area contributed by atoms with Gasteiger partial charge >= 0.3 is 45.2 Å². The number of carbonyl (C=O) groups excluding carboxylic acids is 7. The molecular formula is C71H86F4O15S2. The molecule has 1 heterocycles. The normalized spacial score (nSPS) is 32.5. The fourth-order valence-electron chi connectivity index (χ4n) is 19.4. The van der Waals surface area contributed by atoms with Crippen molar-refractivity contribution in [1.29, 1.82) is 0 Å². The molecule has 0 N–H and O–H groups in total. The predicted molar refractivity (Wildman–Crippen MR) is 330 cm³/mol. The Balaban J connectivity index is 0.773. The van der Waals surface area contributed by atoms with E-state index in [9.17, 15) is 42.0 Å². The van der Waals surface area contributed by atoms with Gasteiger partial charge in [0.1, 0.15) is 34.3 Å². The van der Waals surface area contributed by atoms with Crippen LogP contribution in [0.1, 0.15) is 181 Å². The van der Waals surface area contributed by atoms with E-state index in [-0.39, 0.29) is 115 Å². The van der Waals surface area contributed by atoms with Gasteiger partial charge in [-0.1, -0.05) is 64.1 Å². The number of esters is 4. The predicted octanol–water partition coefficient (Wildman–Crippen LogP) is 14.4. The molecule has 9 fully saturated rings. The molecule has 10 aliphatic rings. The number of rotatable bonds is 22. The summed E-state index contributed by atoms with van der Waals surface area (Å²) in [7, 11) is -9.60. The van der Waals surface area contributed by atoms with Crippen LogP contribution in [-0.4, -0.2) is 92.3 Å². The molecule has 13 rings (SSSR count). The van der Waals surface area contributed by atoms with Gasteiger partial charge in [-0.2, -0.15) is 26.0 Å². The molecule has 9 aliphatic carbocycles. The summed E-state index contributed by atoms with van der Waals surface area (Å²) >= 11 is 0. The standard InChI is InChI=1S/C71H86F4O15S2/c1-7-69(25-12-13-26-69)89-62(80)38-52(65(82)87-40-63(81)88-68(5)45-31-42-30-43(33-45)34-46(68)32-42)51-37-48(19-22-57(51)85-6)91(58-16-10-8-14-49(58)50-15-9-11-17-59(50)91)90-92(83,84)71(74,75)70(72,73)28-29-86-61(79)23-18-41(2)53-20-21-54-64-55(39-60(78)67(53,54)4)66(3)27-24-47(76)35-44(66)36-56(64)77/h8-11,14-17,19,22,37,41-46,52-55,64H,7,12-13,18,20-21,23-36,38-40H2,1-6H3/t41-,42?,43?,44?,45?,46?,52?,53?,54?,55?,64?,66?,67?,68?/m1/s1. The Morgan fingerprint density at radius 3 is 2.01 bits per heavy atom. The second-order valence-electron chi connectivity index (χ2n) is 29.2. The highest BCUT2D eigenvalue weighted by atomic mass is 32.3. The van der Waals surface area contributed by atoms with Crippen molar-refractivity contribution in [3.63, 3.8) is 0 Å². The first-order valence-corrected chi connectivity index (χ1v) is 36.3. The summed E-state index contributed by atoms with van der Waals surface area (Å²) in [5, 5.41) is -5.97. The van der Waals surface area contributed by atoms with E-state index in [1.165, 1.54) is 56.0 Å². The lowest BCUT2D eigenvalue weighted by Crippen LogP contribution is -2.60. The molecule has 8 unspecified atom stereocenters. The van der Waals surface area contributed by atoms with Crippen molar-refractivity contribution >= 4 is 61.7 Å². The summed E-state index contributed by atoms with van der Waals surface area (Å²) in [4.78, 5) is 96.8. The van der Waals surface area contributed by atoms with Gasteiger partial charge in [0.15, 0.2) is 6.61 Å². The van der Waals surface area contributed by atoms with Crippen LogP contribution in [-0.2, 0) is 66.3 Å². The summed E-state index contributed by atoms with van der Waals surface area (Å²) in [6.45, 7) is 7.63. The fourth-order valence-corrected chi connectivity index (χ4v) is 25.0. The third-order valence-electron chi connectivity index (χ3n) is 24.5. The van der Waals surface area contributed by atoms with Crippen LogP contribution in [0, 0.1) is 70.0 Å². The molecule has 0 radical (unpaired) electrons. The smallest absolute Gasteiger partial charge is 0.432 e. The number of hydrogen-bond acceptors (Lipinski definition) is 15. The highest BCUT2D eigenvalue weighted by molar-refractivity contribution is 8.33. The summed E-state index contributed by atoms with van der Waals surface area (Å²) in [6, 6.07) is 16.2. The highest BCUT2D eigenvalue weighted by Gasteiger charge is 2.69. The van der Waals surface area contributed by atoms with Gasteiger partial charge in [-0.25, -0.2) is 8.42 Å². The van der Waals surface area contributed by atoms with E-state index in [0.29, 0.717) is 80.8 Å². The van der Waals surface area contributed by atoms with E-state index < -0.39 is 104 Å². The Labute approximate surface area is 537 Å². The minimum absolute atomic E-state index is 0.0289. The highest BCUT2D eigenvalue weighted by Crippen LogP contribution is 2.78. The number of ketones is 3. The van der Waals surface area contributed by atoms with E-state index in [0.717, 1.165) is 38.5 Å². The molecular weight excluding hydrogens is 1230 g/mol. The second-order valence-corrected chi connectivity index (χ2v) is 33.6. The van der Waals surface area contributed by atoms with Gasteiger partial charge < -0.3 is 23.7 Å². The molecule has 500 valence electrons. The Morgan fingerprint density at radius 2 is 1.38 bits per heavy atom. The Kier molecular flexibility index (Phi) is 17.7. The van der Waals surface area contributed by atoms with Crippen LogP contribution in [0.15, 0.2) is 81.4 Å². The molecule has 0 saturated heterocycles. The lowest BCUT2D eigenvalue weighted by molar-refractivity contribution is -0.207. The number of methoxy groups -OCH3 is 1. The van der Waals surface area contributed by atoms with Gasteiger partial charge in [-0.3, -0.25) is 28.8 Å². The van der Waals surface area contributed by atoms with Crippen LogP contribution in [0.3, 0.4) is 0 Å². The number of alkyl halides is 4. The minimum Gasteiger partial charge on any atom is -0.496 e. The maximum absolute atomic E-state index is 16.9. The zero-order valence-electron chi connectivity index (χ0n) is 53.4. The van der Waals surface area contributed by atoms with Gasteiger partial charge in [-0.05, 0) is 207 Å². The number of benzene rings is 3. The topological polar surface area (TPSA) is 209 Å². The van der Waals surface area contributed by atoms with Crippen LogP contribution in [0.4, 0.5) is 17.6 Å². The molecule has 1 aliphatic heterocycles. The number of Topliss-reactive ketones (excluding diaryl/α,β-unsaturated/α-hetero) is 3. The summed E-state index contributed by atoms with van der Waals surface area (Å²) in [5.41, 5.74) is -2.19. The van der Waals surface area contributed by atoms with E-state index in [1.807, 2.05) is 27.7 Å². The monoisotopic (exact) mass is 1320 g/mol. The van der Waals surface area contributed by atoms with Crippen LogP contribution in [0.5, 0.6) is 5.75 Å². The first-order valence-electron chi connectivity index (χ1n) is 33.3. The van der Waals surface area contributed by atoms with Crippen molar-refractivity contribution in [2.45, 2.75) is 212 Å². The molecule has 0 amide bonds. The second kappa shape index (κ2) is 24.5. The number of fused-ring (bicyclic) bond motifs is 8. The van der Waals surface area contributed by atoms with Crippen molar-refractivity contribution in [3.8, 4) is 16.9 Å². The van der Waals surface area contributed by atoms with E-state index in [4.69, 9.17) is 27.3 Å². The fraction of sp³-hybridized carbons (Fsp3) is 0.648. The largest absolute Gasteiger partial charge is 0.496 e. The van der Waals surface area contributed by atoms with Crippen molar-refractivity contribution in [2.24, 2.45) is 70.0 Å². The molecule has 0 aromatic heterocycles. The van der Waals surface area contributed by atoms with Gasteiger partial charge in [0.2, 0.25) is 0 Å². The van der Waals surface area contributed by atoms with Gasteiger partial charge in [0.05, 0.1) is 32.5 Å². The minimum atomic E-state index is -6.76. The van der Waals surface area contributed by atoms with Crippen molar-refractivity contribution in [2.75, 3.05) is 20.3 Å². The number of hydrogen-bond donors (Lipinski definition) is 0. The average molecular weight is 1320 g/mol. The third-order valence-corrected chi connectivity index (χ3v) is 29.8. The summed E-state index contributed by atoms with van der Waals surface area (Å²) in [6.07, 6.45) is 8.56. The molecule has 3 aromatic rings.